The van der Waals surface area contributed by atoms with Crippen molar-refractivity contribution in [2.45, 2.75) is 23.8 Å². The molecule has 1 aromatic heterocycles. The first kappa shape index (κ1) is 18.3. The summed E-state index contributed by atoms with van der Waals surface area (Å²) in [5.41, 5.74) is 1.39. The predicted molar refractivity (Wildman–Crippen MR) is 104 cm³/mol. The number of fused-ring (bicyclic) bond motifs is 1. The summed E-state index contributed by atoms with van der Waals surface area (Å²) in [6.07, 6.45) is 1.06. The van der Waals surface area contributed by atoms with E-state index < -0.39 is 16.1 Å². The highest BCUT2D eigenvalue weighted by atomic mass is 35.5. The van der Waals surface area contributed by atoms with Gasteiger partial charge in [0, 0.05) is 17.3 Å². The molecule has 0 spiro atoms. The molecule has 1 amide bonds. The van der Waals surface area contributed by atoms with E-state index in [0.717, 1.165) is 11.7 Å². The highest BCUT2D eigenvalue weighted by Gasteiger charge is 2.40. The van der Waals surface area contributed by atoms with E-state index in [-0.39, 0.29) is 17.3 Å². The van der Waals surface area contributed by atoms with E-state index in [1.807, 2.05) is 0 Å². The number of hydrogen-bond acceptors (Lipinski definition) is 6. The summed E-state index contributed by atoms with van der Waals surface area (Å²) in [7, 11) is -3.88. The van der Waals surface area contributed by atoms with Crippen molar-refractivity contribution in [3.05, 3.63) is 47.5 Å². The van der Waals surface area contributed by atoms with Crippen LogP contribution in [-0.2, 0) is 14.8 Å². The third-order valence-corrected chi connectivity index (χ3v) is 7.15. The second kappa shape index (κ2) is 7.16. The van der Waals surface area contributed by atoms with E-state index in [1.165, 1.54) is 10.4 Å². The van der Waals surface area contributed by atoms with Crippen LogP contribution in [0.1, 0.15) is 12.8 Å². The van der Waals surface area contributed by atoms with E-state index in [9.17, 15) is 13.2 Å². The largest absolute Gasteiger partial charge is 0.325 e. The van der Waals surface area contributed by atoms with Crippen LogP contribution in [0.5, 0.6) is 0 Å². The molecule has 0 saturated carbocycles. The summed E-state index contributed by atoms with van der Waals surface area (Å²) >= 11 is 6.91. The number of rotatable bonds is 4. The van der Waals surface area contributed by atoms with Gasteiger partial charge in [-0.05, 0) is 43.2 Å². The molecule has 1 saturated heterocycles. The Hall–Kier alpha value is -2.07. The van der Waals surface area contributed by atoms with Crippen LogP contribution in [-0.4, -0.2) is 40.0 Å². The van der Waals surface area contributed by atoms with Crippen LogP contribution >= 0.6 is 23.3 Å². The van der Waals surface area contributed by atoms with Gasteiger partial charge in [0.15, 0.2) is 0 Å². The van der Waals surface area contributed by atoms with Gasteiger partial charge < -0.3 is 5.32 Å². The van der Waals surface area contributed by atoms with Crippen molar-refractivity contribution in [2.24, 2.45) is 0 Å². The van der Waals surface area contributed by atoms with Crippen molar-refractivity contribution in [3.63, 3.8) is 0 Å². The van der Waals surface area contributed by atoms with Gasteiger partial charge in [0.25, 0.3) is 0 Å². The molecule has 0 radical (unpaired) electrons. The topological polar surface area (TPSA) is 92.3 Å². The monoisotopic (exact) mass is 422 g/mol. The summed E-state index contributed by atoms with van der Waals surface area (Å²) < 4.78 is 35.9. The summed E-state index contributed by atoms with van der Waals surface area (Å²) in [6, 6.07) is 10.8. The van der Waals surface area contributed by atoms with Crippen molar-refractivity contribution < 1.29 is 13.2 Å². The highest BCUT2D eigenvalue weighted by Crippen LogP contribution is 2.30. The van der Waals surface area contributed by atoms with Gasteiger partial charge in [-0.25, -0.2) is 8.42 Å². The minimum Gasteiger partial charge on any atom is -0.325 e. The summed E-state index contributed by atoms with van der Waals surface area (Å²) in [4.78, 5) is 12.8. The van der Waals surface area contributed by atoms with Crippen molar-refractivity contribution >= 4 is 56.0 Å². The van der Waals surface area contributed by atoms with E-state index in [2.05, 4.69) is 14.1 Å². The van der Waals surface area contributed by atoms with Crippen LogP contribution in [0.15, 0.2) is 47.4 Å². The summed E-state index contributed by atoms with van der Waals surface area (Å²) in [5.74, 6) is -0.373. The third-order valence-electron chi connectivity index (χ3n) is 4.43. The maximum absolute atomic E-state index is 13.2. The van der Waals surface area contributed by atoms with Gasteiger partial charge in [-0.15, -0.1) is 0 Å². The zero-order chi connectivity index (χ0) is 19.0. The highest BCUT2D eigenvalue weighted by molar-refractivity contribution is 7.89. The number of nitrogens with one attached hydrogen (secondary N) is 1. The van der Waals surface area contributed by atoms with E-state index >= 15 is 0 Å². The van der Waals surface area contributed by atoms with Gasteiger partial charge in [0.2, 0.25) is 15.9 Å². The third kappa shape index (κ3) is 3.43. The minimum atomic E-state index is -3.88. The Morgan fingerprint density at radius 2 is 2.04 bits per heavy atom. The minimum absolute atomic E-state index is 0.0798. The molecule has 27 heavy (non-hydrogen) atoms. The number of aromatic nitrogens is 2. The van der Waals surface area contributed by atoms with Crippen molar-refractivity contribution in [2.75, 3.05) is 11.9 Å². The normalized spacial score (nSPS) is 18.0. The first-order valence-corrected chi connectivity index (χ1v) is 10.8. The van der Waals surface area contributed by atoms with Crippen LogP contribution < -0.4 is 5.32 Å². The number of amides is 1. The van der Waals surface area contributed by atoms with Gasteiger partial charge in [0.1, 0.15) is 22.0 Å². The Morgan fingerprint density at radius 3 is 2.85 bits per heavy atom. The Bertz CT molecular complexity index is 1120. The van der Waals surface area contributed by atoms with Crippen LogP contribution in [0, 0.1) is 0 Å². The number of benzene rings is 2. The second-order valence-electron chi connectivity index (χ2n) is 6.16. The number of anilines is 1. The molecule has 2 aromatic carbocycles. The molecular formula is C17H15ClN4O3S2. The fourth-order valence-electron chi connectivity index (χ4n) is 3.20. The van der Waals surface area contributed by atoms with Gasteiger partial charge in [-0.2, -0.15) is 13.1 Å². The van der Waals surface area contributed by atoms with Crippen molar-refractivity contribution in [3.8, 4) is 0 Å². The molecule has 1 atom stereocenters. The fourth-order valence-corrected chi connectivity index (χ4v) is 5.80. The van der Waals surface area contributed by atoms with Crippen LogP contribution in [0.3, 0.4) is 0 Å². The predicted octanol–water partition coefficient (Wildman–Crippen LogP) is 3.14. The first-order valence-electron chi connectivity index (χ1n) is 8.26. The lowest BCUT2D eigenvalue weighted by Gasteiger charge is -2.23. The zero-order valence-electron chi connectivity index (χ0n) is 14.0. The quantitative estimate of drug-likeness (QED) is 0.697. The Kier molecular flexibility index (Phi) is 4.85. The van der Waals surface area contributed by atoms with Gasteiger partial charge >= 0.3 is 0 Å². The molecule has 7 nitrogen and oxygen atoms in total. The average molecular weight is 423 g/mol. The smallest absolute Gasteiger partial charge is 0.246 e. The standard InChI is InChI=1S/C17H15ClN4O3S2/c18-11-4-1-5-12(10-11)19-17(23)14-7-3-9-22(14)27(24,25)15-8-2-6-13-16(15)21-26-20-13/h1-2,4-6,8,10,14H,3,7,9H2,(H,19,23). The SMILES string of the molecule is O=C(Nc1cccc(Cl)c1)C1CCCN1S(=O)(=O)c1cccc2nsnc12. The maximum Gasteiger partial charge on any atom is 0.246 e. The first-order chi connectivity index (χ1) is 13.0. The molecule has 2 heterocycles. The van der Waals surface area contributed by atoms with Crippen molar-refractivity contribution in [1.29, 1.82) is 0 Å². The molecule has 10 heteroatoms. The van der Waals surface area contributed by atoms with E-state index in [0.29, 0.717) is 34.6 Å². The number of carbonyl (C=O) groups is 1. The Balaban J connectivity index is 1.64. The second-order valence-corrected chi connectivity index (χ2v) is 8.99. The molecule has 1 aliphatic heterocycles. The molecule has 1 unspecified atom stereocenters. The molecular weight excluding hydrogens is 408 g/mol. The number of carbonyl (C=O) groups excluding carboxylic acids is 1. The molecule has 3 aromatic rings. The average Bonchev–Trinajstić information content (AvgIpc) is 3.31. The number of sulfonamides is 1. The van der Waals surface area contributed by atoms with Crippen LogP contribution in [0.4, 0.5) is 5.69 Å². The lowest BCUT2D eigenvalue weighted by Crippen LogP contribution is -2.43. The Morgan fingerprint density at radius 1 is 1.22 bits per heavy atom. The summed E-state index contributed by atoms with van der Waals surface area (Å²) in [5, 5.41) is 3.25. The molecule has 140 valence electrons. The molecule has 1 fully saturated rings. The Labute approximate surface area is 165 Å². The van der Waals surface area contributed by atoms with Crippen LogP contribution in [0.2, 0.25) is 5.02 Å². The fraction of sp³-hybridized carbons (Fsp3) is 0.235. The summed E-state index contributed by atoms with van der Waals surface area (Å²) in [6.45, 7) is 0.282. The van der Waals surface area contributed by atoms with E-state index in [4.69, 9.17) is 11.6 Å². The maximum atomic E-state index is 13.2. The van der Waals surface area contributed by atoms with Crippen molar-refractivity contribution in [1.82, 2.24) is 13.1 Å². The zero-order valence-corrected chi connectivity index (χ0v) is 16.4. The van der Waals surface area contributed by atoms with Gasteiger partial charge in [-0.1, -0.05) is 23.7 Å². The number of nitrogens with zero attached hydrogens (tertiary/aromatic N) is 3. The van der Waals surface area contributed by atoms with Crippen LogP contribution in [0.25, 0.3) is 11.0 Å². The van der Waals surface area contributed by atoms with Gasteiger partial charge in [0.05, 0.1) is 11.7 Å². The van der Waals surface area contributed by atoms with Gasteiger partial charge in [-0.3, -0.25) is 4.79 Å². The lowest BCUT2D eigenvalue weighted by atomic mass is 10.2. The molecule has 4 rings (SSSR count). The molecule has 0 bridgehead atoms. The molecule has 1 N–H and O–H groups in total. The molecule has 1 aliphatic rings. The number of hydrogen-bond donors (Lipinski definition) is 1. The number of halogens is 1. The lowest BCUT2D eigenvalue weighted by molar-refractivity contribution is -0.119. The van der Waals surface area contributed by atoms with E-state index in [1.54, 1.807) is 36.4 Å². The molecule has 0 aliphatic carbocycles.